The zero-order valence-electron chi connectivity index (χ0n) is 10.8. The van der Waals surface area contributed by atoms with Crippen LogP contribution in [0.3, 0.4) is 0 Å². The average molecular weight is 314 g/mol. The summed E-state index contributed by atoms with van der Waals surface area (Å²) in [5, 5.41) is 9.37. The summed E-state index contributed by atoms with van der Waals surface area (Å²) in [6.45, 7) is 6.06. The average Bonchev–Trinajstić information content (AvgIpc) is 2.84. The first-order chi connectivity index (χ1) is 8.70. The summed E-state index contributed by atoms with van der Waals surface area (Å²) in [4.78, 5) is 2.42. The Bertz CT molecular complexity index is 403. The van der Waals surface area contributed by atoms with E-state index in [0.29, 0.717) is 6.61 Å². The second-order valence-corrected chi connectivity index (χ2v) is 5.68. The molecular weight excluding hydrogens is 294 g/mol. The molecular formula is C14H20BrNO2. The van der Waals surface area contributed by atoms with Crippen molar-refractivity contribution in [3.05, 3.63) is 27.7 Å². The first kappa shape index (κ1) is 13.8. The third-order valence-electron chi connectivity index (χ3n) is 3.34. The van der Waals surface area contributed by atoms with E-state index in [0.717, 1.165) is 27.9 Å². The fourth-order valence-corrected chi connectivity index (χ4v) is 3.03. The lowest BCUT2D eigenvalue weighted by Crippen LogP contribution is -2.25. The minimum absolute atomic E-state index is 0.0132. The van der Waals surface area contributed by atoms with E-state index in [1.807, 2.05) is 19.1 Å². The molecule has 1 aliphatic rings. The Balaban J connectivity index is 1.95. The highest BCUT2D eigenvalue weighted by Crippen LogP contribution is 2.28. The standard InChI is InChI=1S/C14H20BrNO2/c1-11-8-13(15)9-12(10-17)14(11)18-7-6-16-4-2-3-5-16/h8-9,17H,2-7,10H2,1H3. The van der Waals surface area contributed by atoms with Gasteiger partial charge in [0.05, 0.1) is 6.61 Å². The molecule has 0 unspecified atom stereocenters. The van der Waals surface area contributed by atoms with E-state index < -0.39 is 0 Å². The van der Waals surface area contributed by atoms with Crippen molar-refractivity contribution in [2.45, 2.75) is 26.4 Å². The maximum absolute atomic E-state index is 9.37. The molecule has 2 rings (SSSR count). The van der Waals surface area contributed by atoms with E-state index in [1.54, 1.807) is 0 Å². The third kappa shape index (κ3) is 3.46. The molecule has 100 valence electrons. The fourth-order valence-electron chi connectivity index (χ4n) is 2.41. The Morgan fingerprint density at radius 3 is 2.72 bits per heavy atom. The molecule has 0 spiro atoms. The SMILES string of the molecule is Cc1cc(Br)cc(CO)c1OCCN1CCCC1. The van der Waals surface area contributed by atoms with Crippen LogP contribution >= 0.6 is 15.9 Å². The number of nitrogens with zero attached hydrogens (tertiary/aromatic N) is 1. The summed E-state index contributed by atoms with van der Waals surface area (Å²) < 4.78 is 6.84. The van der Waals surface area contributed by atoms with E-state index >= 15 is 0 Å². The number of benzene rings is 1. The number of aliphatic hydroxyl groups excluding tert-OH is 1. The number of halogens is 1. The maximum atomic E-state index is 9.37. The number of aryl methyl sites for hydroxylation is 1. The van der Waals surface area contributed by atoms with Gasteiger partial charge in [0.1, 0.15) is 12.4 Å². The van der Waals surface area contributed by atoms with Gasteiger partial charge in [-0.3, -0.25) is 4.90 Å². The summed E-state index contributed by atoms with van der Waals surface area (Å²) >= 11 is 3.44. The molecule has 1 N–H and O–H groups in total. The molecule has 0 aliphatic carbocycles. The molecule has 0 saturated carbocycles. The summed E-state index contributed by atoms with van der Waals surface area (Å²) in [5.74, 6) is 0.833. The van der Waals surface area contributed by atoms with E-state index in [4.69, 9.17) is 4.74 Å². The zero-order chi connectivity index (χ0) is 13.0. The smallest absolute Gasteiger partial charge is 0.127 e. The predicted octanol–water partition coefficient (Wildman–Crippen LogP) is 2.72. The second-order valence-electron chi connectivity index (χ2n) is 4.77. The summed E-state index contributed by atoms with van der Waals surface area (Å²) in [7, 11) is 0. The van der Waals surface area contributed by atoms with Gasteiger partial charge in [-0.05, 0) is 50.6 Å². The molecule has 4 heteroatoms. The van der Waals surface area contributed by atoms with Gasteiger partial charge in [0.25, 0.3) is 0 Å². The Labute approximate surface area is 117 Å². The van der Waals surface area contributed by atoms with Crippen molar-refractivity contribution in [1.82, 2.24) is 4.90 Å². The van der Waals surface area contributed by atoms with E-state index in [-0.39, 0.29) is 6.61 Å². The van der Waals surface area contributed by atoms with Crippen LogP contribution in [0.5, 0.6) is 5.75 Å². The quantitative estimate of drug-likeness (QED) is 0.907. The molecule has 1 aromatic rings. The van der Waals surface area contributed by atoms with Crippen LogP contribution in [0.4, 0.5) is 0 Å². The summed E-state index contributed by atoms with van der Waals surface area (Å²) in [6.07, 6.45) is 2.61. The molecule has 18 heavy (non-hydrogen) atoms. The second kappa shape index (κ2) is 6.55. The molecule has 0 bridgehead atoms. The van der Waals surface area contributed by atoms with Gasteiger partial charge in [-0.2, -0.15) is 0 Å². The summed E-state index contributed by atoms with van der Waals surface area (Å²) in [5.41, 5.74) is 1.91. The third-order valence-corrected chi connectivity index (χ3v) is 3.80. The number of aliphatic hydroxyl groups is 1. The molecule has 1 saturated heterocycles. The predicted molar refractivity (Wildman–Crippen MR) is 76.0 cm³/mol. The van der Waals surface area contributed by atoms with E-state index in [9.17, 15) is 5.11 Å². The molecule has 3 nitrogen and oxygen atoms in total. The number of hydrogen-bond donors (Lipinski definition) is 1. The van der Waals surface area contributed by atoms with Gasteiger partial charge in [-0.15, -0.1) is 0 Å². The van der Waals surface area contributed by atoms with Gasteiger partial charge in [0.15, 0.2) is 0 Å². The fraction of sp³-hybridized carbons (Fsp3) is 0.571. The molecule has 1 fully saturated rings. The topological polar surface area (TPSA) is 32.7 Å². The molecule has 0 radical (unpaired) electrons. The molecule has 1 aliphatic heterocycles. The normalized spacial score (nSPS) is 16.2. The lowest BCUT2D eigenvalue weighted by Gasteiger charge is -2.17. The van der Waals surface area contributed by atoms with Crippen molar-refractivity contribution in [1.29, 1.82) is 0 Å². The van der Waals surface area contributed by atoms with Crippen LogP contribution in [0, 0.1) is 6.92 Å². The van der Waals surface area contributed by atoms with Gasteiger partial charge in [0, 0.05) is 16.6 Å². The first-order valence-electron chi connectivity index (χ1n) is 6.45. The minimum atomic E-state index is 0.0132. The van der Waals surface area contributed by atoms with E-state index in [2.05, 4.69) is 20.8 Å². The maximum Gasteiger partial charge on any atom is 0.127 e. The number of rotatable bonds is 5. The zero-order valence-corrected chi connectivity index (χ0v) is 12.4. The van der Waals surface area contributed by atoms with Crippen molar-refractivity contribution in [2.75, 3.05) is 26.2 Å². The van der Waals surface area contributed by atoms with Gasteiger partial charge in [-0.25, -0.2) is 0 Å². The van der Waals surface area contributed by atoms with E-state index in [1.165, 1.54) is 25.9 Å². The van der Waals surface area contributed by atoms with Crippen LogP contribution in [-0.2, 0) is 6.61 Å². The van der Waals surface area contributed by atoms with Gasteiger partial charge >= 0.3 is 0 Å². The van der Waals surface area contributed by atoms with Crippen molar-refractivity contribution < 1.29 is 9.84 Å². The largest absolute Gasteiger partial charge is 0.492 e. The van der Waals surface area contributed by atoms with Crippen molar-refractivity contribution in [3.8, 4) is 5.75 Å². The molecule has 0 atom stereocenters. The van der Waals surface area contributed by atoms with Crippen molar-refractivity contribution in [3.63, 3.8) is 0 Å². The van der Waals surface area contributed by atoms with Gasteiger partial charge in [0.2, 0.25) is 0 Å². The first-order valence-corrected chi connectivity index (χ1v) is 7.25. The molecule has 0 amide bonds. The van der Waals surface area contributed by atoms with Crippen molar-refractivity contribution in [2.24, 2.45) is 0 Å². The van der Waals surface area contributed by atoms with Crippen molar-refractivity contribution >= 4 is 15.9 Å². The Morgan fingerprint density at radius 1 is 1.33 bits per heavy atom. The lowest BCUT2D eigenvalue weighted by atomic mass is 10.1. The van der Waals surface area contributed by atoms with Crippen LogP contribution in [0.1, 0.15) is 24.0 Å². The van der Waals surface area contributed by atoms with Crippen LogP contribution in [0.2, 0.25) is 0 Å². The number of ether oxygens (including phenoxy) is 1. The highest BCUT2D eigenvalue weighted by atomic mass is 79.9. The van der Waals surface area contributed by atoms with Crippen LogP contribution in [0.25, 0.3) is 0 Å². The minimum Gasteiger partial charge on any atom is -0.492 e. The van der Waals surface area contributed by atoms with Crippen LogP contribution in [-0.4, -0.2) is 36.2 Å². The van der Waals surface area contributed by atoms with Crippen LogP contribution in [0.15, 0.2) is 16.6 Å². The number of hydrogen-bond acceptors (Lipinski definition) is 3. The van der Waals surface area contributed by atoms with Gasteiger partial charge in [-0.1, -0.05) is 15.9 Å². The molecule has 0 aromatic heterocycles. The van der Waals surface area contributed by atoms with Gasteiger partial charge < -0.3 is 9.84 Å². The highest BCUT2D eigenvalue weighted by molar-refractivity contribution is 9.10. The Hall–Kier alpha value is -0.580. The lowest BCUT2D eigenvalue weighted by molar-refractivity contribution is 0.226. The molecule has 1 aromatic carbocycles. The molecule has 1 heterocycles. The Morgan fingerprint density at radius 2 is 2.06 bits per heavy atom. The number of likely N-dealkylation sites (tertiary alicyclic amines) is 1. The monoisotopic (exact) mass is 313 g/mol. The summed E-state index contributed by atoms with van der Waals surface area (Å²) in [6, 6.07) is 3.93. The van der Waals surface area contributed by atoms with Crippen LogP contribution < -0.4 is 4.74 Å². The Kier molecular flexibility index (Phi) is 5.03. The highest BCUT2D eigenvalue weighted by Gasteiger charge is 2.12.